The standard InChI is InChI=1S/C15H26N2O5/c1-14(2,3)22-13(21)16-9-15(10-16,7-12(19)20)17-6-4-5-11(18)8-17/h11,18H,4-10H2,1-3H3,(H,19,20). The highest BCUT2D eigenvalue weighted by atomic mass is 16.6. The number of rotatable bonds is 3. The summed E-state index contributed by atoms with van der Waals surface area (Å²) in [5.74, 6) is -0.885. The molecule has 0 saturated carbocycles. The summed E-state index contributed by atoms with van der Waals surface area (Å²) in [6.07, 6.45) is 0.727. The van der Waals surface area contributed by atoms with Crippen LogP contribution in [0.25, 0.3) is 0 Å². The summed E-state index contributed by atoms with van der Waals surface area (Å²) in [6.45, 7) is 7.30. The summed E-state index contributed by atoms with van der Waals surface area (Å²) >= 11 is 0. The van der Waals surface area contributed by atoms with Crippen molar-refractivity contribution in [2.24, 2.45) is 0 Å². The number of likely N-dealkylation sites (tertiary alicyclic amines) is 2. The highest BCUT2D eigenvalue weighted by Crippen LogP contribution is 2.34. The molecule has 0 aromatic heterocycles. The lowest BCUT2D eigenvalue weighted by molar-refractivity contribution is -0.148. The molecule has 0 aromatic carbocycles. The van der Waals surface area contributed by atoms with Crippen molar-refractivity contribution in [1.29, 1.82) is 0 Å². The number of ether oxygens (including phenoxy) is 1. The fourth-order valence-electron chi connectivity index (χ4n) is 3.21. The molecular formula is C15H26N2O5. The van der Waals surface area contributed by atoms with Gasteiger partial charge in [-0.05, 0) is 40.2 Å². The Bertz CT molecular complexity index is 440. The van der Waals surface area contributed by atoms with Gasteiger partial charge in [-0.15, -0.1) is 0 Å². The maximum atomic E-state index is 12.1. The van der Waals surface area contributed by atoms with Crippen LogP contribution in [0.1, 0.15) is 40.0 Å². The van der Waals surface area contributed by atoms with Crippen molar-refractivity contribution in [3.05, 3.63) is 0 Å². The van der Waals surface area contributed by atoms with E-state index in [0.717, 1.165) is 19.4 Å². The van der Waals surface area contributed by atoms with Crippen molar-refractivity contribution in [3.63, 3.8) is 0 Å². The van der Waals surface area contributed by atoms with Crippen LogP contribution in [0.5, 0.6) is 0 Å². The van der Waals surface area contributed by atoms with Gasteiger partial charge in [0.05, 0.1) is 18.1 Å². The van der Waals surface area contributed by atoms with Gasteiger partial charge in [-0.2, -0.15) is 0 Å². The maximum absolute atomic E-state index is 12.1. The number of β-amino-alcohol motifs (C(OH)–C–C–N with tert-alkyl or cyclic N) is 1. The number of aliphatic hydroxyl groups excluding tert-OH is 1. The summed E-state index contributed by atoms with van der Waals surface area (Å²) < 4.78 is 5.32. The number of nitrogens with zero attached hydrogens (tertiary/aromatic N) is 2. The van der Waals surface area contributed by atoms with Crippen LogP contribution in [0.4, 0.5) is 4.79 Å². The molecule has 7 nitrogen and oxygen atoms in total. The van der Waals surface area contributed by atoms with E-state index in [2.05, 4.69) is 0 Å². The van der Waals surface area contributed by atoms with E-state index >= 15 is 0 Å². The number of piperidine rings is 1. The predicted octanol–water partition coefficient (Wildman–Crippen LogP) is 0.907. The largest absolute Gasteiger partial charge is 0.481 e. The number of aliphatic carboxylic acids is 1. The van der Waals surface area contributed by atoms with Crippen molar-refractivity contribution in [1.82, 2.24) is 9.80 Å². The predicted molar refractivity (Wildman–Crippen MR) is 79.6 cm³/mol. The van der Waals surface area contributed by atoms with Crippen molar-refractivity contribution in [3.8, 4) is 0 Å². The van der Waals surface area contributed by atoms with E-state index in [1.807, 2.05) is 4.90 Å². The third kappa shape index (κ3) is 3.89. The zero-order valence-corrected chi connectivity index (χ0v) is 13.5. The zero-order valence-electron chi connectivity index (χ0n) is 13.5. The highest BCUT2D eigenvalue weighted by Gasteiger charge is 2.52. The van der Waals surface area contributed by atoms with E-state index in [-0.39, 0.29) is 6.42 Å². The van der Waals surface area contributed by atoms with Gasteiger partial charge in [0, 0.05) is 19.6 Å². The number of amides is 1. The van der Waals surface area contributed by atoms with Crippen LogP contribution >= 0.6 is 0 Å². The molecule has 1 unspecified atom stereocenters. The molecule has 2 aliphatic rings. The first-order valence-electron chi connectivity index (χ1n) is 7.74. The second kappa shape index (κ2) is 6.04. The Morgan fingerprint density at radius 2 is 1.95 bits per heavy atom. The number of carboxylic acid groups (broad SMARTS) is 1. The van der Waals surface area contributed by atoms with E-state index in [4.69, 9.17) is 4.74 Å². The van der Waals surface area contributed by atoms with Gasteiger partial charge >= 0.3 is 12.1 Å². The fourth-order valence-corrected chi connectivity index (χ4v) is 3.21. The van der Waals surface area contributed by atoms with Crippen molar-refractivity contribution >= 4 is 12.1 Å². The molecule has 2 rings (SSSR count). The molecule has 2 fully saturated rings. The molecule has 7 heteroatoms. The van der Waals surface area contributed by atoms with Crippen molar-refractivity contribution in [2.75, 3.05) is 26.2 Å². The van der Waals surface area contributed by atoms with E-state index in [1.165, 1.54) is 4.90 Å². The van der Waals surface area contributed by atoms with E-state index in [1.54, 1.807) is 20.8 Å². The van der Waals surface area contributed by atoms with Crippen LogP contribution < -0.4 is 0 Å². The number of carbonyl (C=O) groups excluding carboxylic acids is 1. The monoisotopic (exact) mass is 314 g/mol. The number of aliphatic hydroxyl groups is 1. The average molecular weight is 314 g/mol. The first-order chi connectivity index (χ1) is 10.1. The van der Waals surface area contributed by atoms with Gasteiger partial charge in [0.1, 0.15) is 5.60 Å². The molecule has 1 atom stereocenters. The quantitative estimate of drug-likeness (QED) is 0.804. The lowest BCUT2D eigenvalue weighted by Gasteiger charge is -2.56. The molecule has 22 heavy (non-hydrogen) atoms. The third-order valence-electron chi connectivity index (χ3n) is 4.17. The van der Waals surface area contributed by atoms with Crippen molar-refractivity contribution < 1.29 is 24.5 Å². The van der Waals surface area contributed by atoms with Crippen LogP contribution in [0.15, 0.2) is 0 Å². The Balaban J connectivity index is 2.02. The molecular weight excluding hydrogens is 288 g/mol. The van der Waals surface area contributed by atoms with Crippen LogP contribution in [-0.4, -0.2) is 75.5 Å². The topological polar surface area (TPSA) is 90.3 Å². The van der Waals surface area contributed by atoms with Gasteiger partial charge in [0.25, 0.3) is 0 Å². The molecule has 0 bridgehead atoms. The van der Waals surface area contributed by atoms with Crippen LogP contribution in [0, 0.1) is 0 Å². The van der Waals surface area contributed by atoms with Gasteiger partial charge in [0.15, 0.2) is 0 Å². The lowest BCUT2D eigenvalue weighted by atomic mass is 9.83. The van der Waals surface area contributed by atoms with Crippen molar-refractivity contribution in [2.45, 2.75) is 57.3 Å². The van der Waals surface area contributed by atoms with Gasteiger partial charge in [-0.3, -0.25) is 9.69 Å². The Labute approximate surface area is 130 Å². The van der Waals surface area contributed by atoms with Gasteiger partial charge in [-0.25, -0.2) is 4.79 Å². The minimum absolute atomic E-state index is 0.0288. The van der Waals surface area contributed by atoms with Crippen LogP contribution in [-0.2, 0) is 9.53 Å². The number of carbonyl (C=O) groups is 2. The van der Waals surface area contributed by atoms with Crippen LogP contribution in [0.3, 0.4) is 0 Å². The molecule has 0 spiro atoms. The number of hydrogen-bond acceptors (Lipinski definition) is 5. The van der Waals surface area contributed by atoms with E-state index < -0.39 is 29.3 Å². The molecule has 0 aromatic rings. The minimum atomic E-state index is -0.885. The average Bonchev–Trinajstić information content (AvgIpc) is 2.30. The Morgan fingerprint density at radius 3 is 2.45 bits per heavy atom. The third-order valence-corrected chi connectivity index (χ3v) is 4.17. The molecule has 2 N–H and O–H groups in total. The Kier molecular flexibility index (Phi) is 4.67. The summed E-state index contributed by atoms with van der Waals surface area (Å²) in [7, 11) is 0. The molecule has 0 aliphatic carbocycles. The molecule has 0 radical (unpaired) electrons. The molecule has 2 aliphatic heterocycles. The zero-order chi connectivity index (χ0) is 16.5. The summed E-state index contributed by atoms with van der Waals surface area (Å²) in [5.41, 5.74) is -1.15. The molecule has 2 heterocycles. The van der Waals surface area contributed by atoms with Gasteiger partial charge in [0.2, 0.25) is 0 Å². The SMILES string of the molecule is CC(C)(C)OC(=O)N1CC(CC(=O)O)(N2CCCC(O)C2)C1. The normalized spacial score (nSPS) is 25.5. The Hall–Kier alpha value is -1.34. The van der Waals surface area contributed by atoms with Crippen LogP contribution in [0.2, 0.25) is 0 Å². The summed E-state index contributed by atoms with van der Waals surface area (Å²) in [4.78, 5) is 26.8. The molecule has 2 saturated heterocycles. The second-order valence-corrected chi connectivity index (χ2v) is 7.37. The fraction of sp³-hybridized carbons (Fsp3) is 0.867. The van der Waals surface area contributed by atoms with E-state index in [9.17, 15) is 19.8 Å². The second-order valence-electron chi connectivity index (χ2n) is 7.37. The van der Waals surface area contributed by atoms with Gasteiger partial charge in [-0.1, -0.05) is 0 Å². The maximum Gasteiger partial charge on any atom is 0.410 e. The summed E-state index contributed by atoms with van der Waals surface area (Å²) in [5, 5.41) is 19.0. The van der Waals surface area contributed by atoms with Gasteiger partial charge < -0.3 is 19.8 Å². The van der Waals surface area contributed by atoms with E-state index in [0.29, 0.717) is 19.6 Å². The Morgan fingerprint density at radius 1 is 1.32 bits per heavy atom. The highest BCUT2D eigenvalue weighted by molar-refractivity contribution is 5.73. The summed E-state index contributed by atoms with van der Waals surface area (Å²) in [6, 6.07) is 0. The number of carboxylic acids is 1. The molecule has 126 valence electrons. The first-order valence-corrected chi connectivity index (χ1v) is 7.74. The molecule has 1 amide bonds. The smallest absolute Gasteiger partial charge is 0.410 e. The number of hydrogen-bond donors (Lipinski definition) is 2. The minimum Gasteiger partial charge on any atom is -0.481 e. The lowest BCUT2D eigenvalue weighted by Crippen LogP contribution is -2.73. The first kappa shape index (κ1) is 17.0.